The Morgan fingerprint density at radius 1 is 1.12 bits per heavy atom. The number of aliphatic hydroxyl groups excluding tert-OH is 1. The minimum atomic E-state index is -3.84. The second-order valence-corrected chi connectivity index (χ2v) is 13.1. The first-order chi connectivity index (χ1) is 19.8. The number of rotatable bonds is 18. The number of ether oxygens (including phenoxy) is 1. The molecular weight excluding hydrogens is 574 g/mol. The van der Waals surface area contributed by atoms with Crippen molar-refractivity contribution < 1.29 is 41.4 Å². The van der Waals surface area contributed by atoms with Gasteiger partial charge in [0.1, 0.15) is 24.3 Å². The highest BCUT2D eigenvalue weighted by molar-refractivity contribution is 7.92. The van der Waals surface area contributed by atoms with Gasteiger partial charge in [0.05, 0.1) is 23.7 Å². The van der Waals surface area contributed by atoms with Gasteiger partial charge >= 0.3 is 6.09 Å². The lowest BCUT2D eigenvalue weighted by atomic mass is 10.0. The van der Waals surface area contributed by atoms with E-state index in [1.807, 2.05) is 13.8 Å². The van der Waals surface area contributed by atoms with Crippen LogP contribution in [0.25, 0.3) is 0 Å². The predicted molar refractivity (Wildman–Crippen MR) is 153 cm³/mol. The van der Waals surface area contributed by atoms with Crippen molar-refractivity contribution in [2.45, 2.75) is 95.2 Å². The van der Waals surface area contributed by atoms with E-state index in [0.29, 0.717) is 38.5 Å². The van der Waals surface area contributed by atoms with Gasteiger partial charge in [-0.1, -0.05) is 26.7 Å². The Labute approximate surface area is 246 Å². The lowest BCUT2D eigenvalue weighted by molar-refractivity contribution is -0.135. The fourth-order valence-electron chi connectivity index (χ4n) is 4.72. The molecule has 42 heavy (non-hydrogen) atoms. The molecule has 1 aliphatic rings. The summed E-state index contributed by atoms with van der Waals surface area (Å²) in [6.45, 7) is 4.58. The van der Waals surface area contributed by atoms with Gasteiger partial charge in [-0.15, -0.1) is 0 Å². The first-order valence-corrected chi connectivity index (χ1v) is 16.1. The van der Waals surface area contributed by atoms with Crippen molar-refractivity contribution in [2.24, 2.45) is 5.73 Å². The number of aliphatic hydroxyl groups is 1. The summed E-state index contributed by atoms with van der Waals surface area (Å²) in [5.41, 5.74) is 6.35. The molecule has 1 fully saturated rings. The van der Waals surface area contributed by atoms with E-state index in [1.54, 1.807) is 0 Å². The Balaban J connectivity index is 2.22. The molecule has 1 aromatic rings. The molecule has 3 atom stereocenters. The average Bonchev–Trinajstić information content (AvgIpc) is 3.73. The number of nitrogens with one attached hydrogen (secondary N) is 2. The monoisotopic (exact) mass is 618 g/mol. The maximum absolute atomic E-state index is 13.8. The molecule has 1 aliphatic carbocycles. The van der Waals surface area contributed by atoms with Crippen molar-refractivity contribution in [3.05, 3.63) is 35.4 Å². The van der Waals surface area contributed by atoms with E-state index in [2.05, 4.69) is 10.6 Å². The summed E-state index contributed by atoms with van der Waals surface area (Å²) in [5.74, 6) is -3.27. The number of nitrogens with two attached hydrogens (primary N) is 1. The fourth-order valence-corrected chi connectivity index (χ4v) is 6.88. The Hall–Kier alpha value is -2.84. The van der Waals surface area contributed by atoms with Crippen LogP contribution >= 0.6 is 0 Å². The van der Waals surface area contributed by atoms with Crippen LogP contribution in [-0.2, 0) is 30.6 Å². The molecule has 0 spiro atoms. The summed E-state index contributed by atoms with van der Waals surface area (Å²) < 4.78 is 59.1. The van der Waals surface area contributed by atoms with Crippen LogP contribution in [0.4, 0.5) is 13.6 Å². The third-order valence-corrected chi connectivity index (χ3v) is 9.26. The van der Waals surface area contributed by atoms with Crippen molar-refractivity contribution in [2.75, 3.05) is 25.4 Å². The second-order valence-electron chi connectivity index (χ2n) is 10.8. The highest BCUT2D eigenvalue weighted by Crippen LogP contribution is 2.28. The van der Waals surface area contributed by atoms with Gasteiger partial charge in [0, 0.05) is 31.6 Å². The normalized spacial score (nSPS) is 15.5. The summed E-state index contributed by atoms with van der Waals surface area (Å²) in [6, 6.07) is 0.135. The molecule has 238 valence electrons. The fraction of sp³-hybridized carbons (Fsp3) is 0.679. The van der Waals surface area contributed by atoms with Crippen LogP contribution in [0.1, 0.15) is 64.9 Å². The highest BCUT2D eigenvalue weighted by atomic mass is 32.2. The number of sulfone groups is 1. The lowest BCUT2D eigenvalue weighted by Gasteiger charge is -2.32. The van der Waals surface area contributed by atoms with Crippen molar-refractivity contribution in [1.29, 1.82) is 0 Å². The van der Waals surface area contributed by atoms with Crippen molar-refractivity contribution in [3.63, 3.8) is 0 Å². The number of alkyl carbamates (subject to hydrolysis) is 1. The highest BCUT2D eigenvalue weighted by Gasteiger charge is 2.41. The van der Waals surface area contributed by atoms with Crippen LogP contribution in [0.5, 0.6) is 0 Å². The van der Waals surface area contributed by atoms with Gasteiger partial charge in [0.2, 0.25) is 11.8 Å². The molecule has 0 bridgehead atoms. The van der Waals surface area contributed by atoms with Gasteiger partial charge in [-0.2, -0.15) is 0 Å². The van der Waals surface area contributed by atoms with E-state index in [9.17, 15) is 36.7 Å². The summed E-state index contributed by atoms with van der Waals surface area (Å²) in [6.07, 6.45) is 0.846. The molecule has 0 heterocycles. The zero-order valence-corrected chi connectivity index (χ0v) is 25.3. The standard InChI is InChI=1S/C28H44F2N4O7S/c1-4-6-23(7-5-2)42(39,40)17-25(33-28(38)41-11-10-32-18(3)35)27(37)34(22-8-9-22)16-26(36)24(31)14-19-12-20(29)15-21(30)13-19/h12-13,15,22-26,36H,4-11,14,16-17,31H2,1-3H3,(H,32,35)(H,33,38)/t24-,25+,26+/m0/s1. The number of hydrogen-bond acceptors (Lipinski definition) is 8. The SMILES string of the molecule is CCCC(CCC)S(=O)(=O)C[C@@H](NC(=O)OCCNC(C)=O)C(=O)N(C[C@@H](O)[C@@H](N)Cc1cc(F)cc(F)c1)C1CC1. The van der Waals surface area contributed by atoms with Crippen LogP contribution in [0.3, 0.4) is 0 Å². The van der Waals surface area contributed by atoms with Crippen LogP contribution in [0.2, 0.25) is 0 Å². The van der Waals surface area contributed by atoms with E-state index in [4.69, 9.17) is 10.5 Å². The Kier molecular flexibility index (Phi) is 14.1. The summed E-state index contributed by atoms with van der Waals surface area (Å²) >= 11 is 0. The number of carbonyl (C=O) groups excluding carboxylic acids is 3. The summed E-state index contributed by atoms with van der Waals surface area (Å²) in [4.78, 5) is 38.7. The van der Waals surface area contributed by atoms with Crippen LogP contribution in [-0.4, -0.2) is 91.3 Å². The molecule has 0 aliphatic heterocycles. The van der Waals surface area contributed by atoms with Crippen molar-refractivity contribution in [3.8, 4) is 0 Å². The first kappa shape index (κ1) is 35.4. The number of hydrogen-bond donors (Lipinski definition) is 4. The van der Waals surface area contributed by atoms with Gasteiger partial charge in [0.15, 0.2) is 9.84 Å². The van der Waals surface area contributed by atoms with Gasteiger partial charge in [-0.05, 0) is 49.8 Å². The van der Waals surface area contributed by atoms with Crippen molar-refractivity contribution in [1.82, 2.24) is 15.5 Å². The zero-order chi connectivity index (χ0) is 31.4. The molecule has 14 heteroatoms. The number of halogens is 2. The topological polar surface area (TPSA) is 168 Å². The van der Waals surface area contributed by atoms with Crippen LogP contribution < -0.4 is 16.4 Å². The lowest BCUT2D eigenvalue weighted by Crippen LogP contribution is -2.56. The molecule has 0 saturated heterocycles. The van der Waals surface area contributed by atoms with Gasteiger partial charge in [-0.25, -0.2) is 22.0 Å². The first-order valence-electron chi connectivity index (χ1n) is 14.4. The number of benzene rings is 1. The predicted octanol–water partition coefficient (Wildman–Crippen LogP) is 1.80. The Morgan fingerprint density at radius 2 is 1.71 bits per heavy atom. The van der Waals surface area contributed by atoms with E-state index < -0.39 is 62.7 Å². The molecule has 0 aromatic heterocycles. The number of amides is 3. The number of nitrogens with zero attached hydrogens (tertiary/aromatic N) is 1. The maximum Gasteiger partial charge on any atom is 0.407 e. The third kappa shape index (κ3) is 11.8. The van der Waals surface area contributed by atoms with Crippen LogP contribution in [0, 0.1) is 11.6 Å². The minimum Gasteiger partial charge on any atom is -0.448 e. The van der Waals surface area contributed by atoms with Gasteiger partial charge < -0.3 is 31.1 Å². The minimum absolute atomic E-state index is 0.0300. The van der Waals surface area contributed by atoms with Crippen LogP contribution in [0.15, 0.2) is 18.2 Å². The average molecular weight is 619 g/mol. The van der Waals surface area contributed by atoms with E-state index in [1.165, 1.54) is 11.8 Å². The Morgan fingerprint density at radius 3 is 2.24 bits per heavy atom. The summed E-state index contributed by atoms with van der Waals surface area (Å²) in [7, 11) is -3.84. The Bertz CT molecular complexity index is 1140. The van der Waals surface area contributed by atoms with Gasteiger partial charge in [0.25, 0.3) is 0 Å². The maximum atomic E-state index is 13.8. The quantitative estimate of drug-likeness (QED) is 0.181. The molecule has 1 aromatic carbocycles. The third-order valence-electron chi connectivity index (χ3n) is 6.97. The molecular formula is C28H44F2N4O7S. The van der Waals surface area contributed by atoms with Gasteiger partial charge in [-0.3, -0.25) is 9.59 Å². The molecule has 5 N–H and O–H groups in total. The van der Waals surface area contributed by atoms with E-state index in [0.717, 1.165) is 18.2 Å². The molecule has 0 unspecified atom stereocenters. The van der Waals surface area contributed by atoms with E-state index >= 15 is 0 Å². The summed E-state index contributed by atoms with van der Waals surface area (Å²) in [5, 5.41) is 15.0. The molecule has 0 radical (unpaired) electrons. The molecule has 1 saturated carbocycles. The van der Waals surface area contributed by atoms with E-state index in [-0.39, 0.29) is 43.6 Å². The largest absolute Gasteiger partial charge is 0.448 e. The molecule has 3 amide bonds. The molecule has 11 nitrogen and oxygen atoms in total. The zero-order valence-electron chi connectivity index (χ0n) is 24.5. The second kappa shape index (κ2) is 16.7. The smallest absolute Gasteiger partial charge is 0.407 e. The molecule has 2 rings (SSSR count). The number of carbonyl (C=O) groups is 3. The van der Waals surface area contributed by atoms with Crippen molar-refractivity contribution >= 4 is 27.7 Å².